The van der Waals surface area contributed by atoms with Crippen LogP contribution in [0.2, 0.25) is 0 Å². The molecule has 8 heteroatoms. The lowest BCUT2D eigenvalue weighted by Crippen LogP contribution is -2.38. The van der Waals surface area contributed by atoms with Crippen molar-refractivity contribution < 1.29 is 20.1 Å². The first-order valence-electron chi connectivity index (χ1n) is 7.00. The maximum atomic E-state index is 11.9. The van der Waals surface area contributed by atoms with Crippen LogP contribution in [0.25, 0.3) is 0 Å². The maximum Gasteiger partial charge on any atom is 0.330 e. The van der Waals surface area contributed by atoms with Crippen LogP contribution >= 0.6 is 0 Å². The van der Waals surface area contributed by atoms with Crippen molar-refractivity contribution in [3.05, 3.63) is 32.6 Å². The van der Waals surface area contributed by atoms with E-state index in [9.17, 15) is 19.8 Å². The number of nitrogens with one attached hydrogen (secondary N) is 1. The molecule has 4 N–H and O–H groups in total. The quantitative estimate of drug-likeness (QED) is 0.464. The normalized spacial score (nSPS) is 30.9. The van der Waals surface area contributed by atoms with Crippen LogP contribution in [0.4, 0.5) is 0 Å². The molecule has 0 unspecified atom stereocenters. The van der Waals surface area contributed by atoms with Crippen LogP contribution in [-0.4, -0.2) is 49.8 Å². The second-order valence-electron chi connectivity index (χ2n) is 5.48. The average Bonchev–Trinajstić information content (AvgIpc) is 3.27. The summed E-state index contributed by atoms with van der Waals surface area (Å²) in [6.07, 6.45) is -1.71. The Morgan fingerprint density at radius 3 is 2.64 bits per heavy atom. The van der Waals surface area contributed by atoms with Gasteiger partial charge in [-0.1, -0.05) is 11.8 Å². The van der Waals surface area contributed by atoms with Crippen LogP contribution in [-0.2, 0) is 4.74 Å². The van der Waals surface area contributed by atoms with Crippen molar-refractivity contribution in [2.75, 3.05) is 6.61 Å². The first-order valence-corrected chi connectivity index (χ1v) is 7.00. The minimum absolute atomic E-state index is 0.0873. The van der Waals surface area contributed by atoms with E-state index in [-0.39, 0.29) is 11.5 Å². The molecule has 1 aromatic rings. The zero-order valence-corrected chi connectivity index (χ0v) is 11.6. The Labute approximate surface area is 125 Å². The molecule has 4 atom stereocenters. The molecule has 1 saturated heterocycles. The summed E-state index contributed by atoms with van der Waals surface area (Å²) in [7, 11) is 0. The number of aromatic nitrogens is 2. The average molecular weight is 308 g/mol. The van der Waals surface area contributed by atoms with E-state index in [1.807, 2.05) is 0 Å². The molecule has 2 fully saturated rings. The second kappa shape index (κ2) is 5.70. The van der Waals surface area contributed by atoms with Gasteiger partial charge >= 0.3 is 5.69 Å². The van der Waals surface area contributed by atoms with Gasteiger partial charge in [0.2, 0.25) is 0 Å². The van der Waals surface area contributed by atoms with Crippen molar-refractivity contribution in [2.24, 2.45) is 5.92 Å². The van der Waals surface area contributed by atoms with E-state index in [0.29, 0.717) is 0 Å². The number of rotatable bonds is 2. The topological polar surface area (TPSA) is 125 Å². The highest BCUT2D eigenvalue weighted by Crippen LogP contribution is 2.28. The minimum Gasteiger partial charge on any atom is -0.394 e. The van der Waals surface area contributed by atoms with E-state index >= 15 is 0 Å². The number of hydrogen-bond donors (Lipinski definition) is 4. The number of nitrogens with zero attached hydrogens (tertiary/aromatic N) is 1. The lowest BCUT2D eigenvalue weighted by Gasteiger charge is -2.17. The summed E-state index contributed by atoms with van der Waals surface area (Å²) in [5.41, 5.74) is -1.30. The Kier molecular flexibility index (Phi) is 3.88. The van der Waals surface area contributed by atoms with Crippen molar-refractivity contribution in [2.45, 2.75) is 37.4 Å². The fourth-order valence-corrected chi connectivity index (χ4v) is 2.28. The van der Waals surface area contributed by atoms with Gasteiger partial charge in [0, 0.05) is 12.1 Å². The molecule has 0 aromatic carbocycles. The van der Waals surface area contributed by atoms with E-state index in [1.165, 1.54) is 6.20 Å². The smallest absolute Gasteiger partial charge is 0.330 e. The van der Waals surface area contributed by atoms with Gasteiger partial charge in [0.1, 0.15) is 23.9 Å². The number of H-pyrrole nitrogens is 1. The fourth-order valence-electron chi connectivity index (χ4n) is 2.28. The minimum atomic E-state index is -1.40. The van der Waals surface area contributed by atoms with Gasteiger partial charge in [-0.25, -0.2) is 4.79 Å². The molecule has 1 saturated carbocycles. The number of hydrogen-bond acceptors (Lipinski definition) is 6. The van der Waals surface area contributed by atoms with Gasteiger partial charge in [0.15, 0.2) is 6.23 Å². The zero-order chi connectivity index (χ0) is 15.9. The summed E-state index contributed by atoms with van der Waals surface area (Å²) in [6.45, 7) is -0.499. The number of ether oxygens (including phenoxy) is 1. The van der Waals surface area contributed by atoms with Gasteiger partial charge in [-0.3, -0.25) is 14.3 Å². The molecule has 1 aliphatic heterocycles. The van der Waals surface area contributed by atoms with E-state index in [4.69, 9.17) is 9.84 Å². The highest BCUT2D eigenvalue weighted by Gasteiger charge is 2.43. The maximum absolute atomic E-state index is 11.9. The summed E-state index contributed by atoms with van der Waals surface area (Å²) in [4.78, 5) is 25.8. The molecule has 1 aliphatic carbocycles. The van der Waals surface area contributed by atoms with E-state index in [1.54, 1.807) is 0 Å². The lowest BCUT2D eigenvalue weighted by atomic mass is 10.1. The predicted octanol–water partition coefficient (Wildman–Crippen LogP) is -2.09. The Morgan fingerprint density at radius 1 is 1.32 bits per heavy atom. The molecular formula is C14H16N2O6. The third-order valence-corrected chi connectivity index (χ3v) is 3.75. The van der Waals surface area contributed by atoms with Crippen LogP contribution in [0.5, 0.6) is 0 Å². The molecular weight excluding hydrogens is 292 g/mol. The molecule has 2 aliphatic rings. The number of aliphatic hydroxyl groups is 3. The van der Waals surface area contributed by atoms with Crippen molar-refractivity contribution in [1.29, 1.82) is 0 Å². The molecule has 0 radical (unpaired) electrons. The standard InChI is InChI=1S/C14H16N2O6/c17-6-9-10(18)11(19)13(22-9)16-5-8(4-3-7-1-2-7)12(20)15-14(16)21/h5,7,9-11,13,17-19H,1-2,6H2,(H,15,20,21)/t9-,10-,11-,13-/m1/s1. The monoisotopic (exact) mass is 308 g/mol. The van der Waals surface area contributed by atoms with E-state index < -0.39 is 42.4 Å². The van der Waals surface area contributed by atoms with Crippen molar-refractivity contribution >= 4 is 0 Å². The van der Waals surface area contributed by atoms with E-state index in [0.717, 1.165) is 17.4 Å². The Balaban J connectivity index is 1.97. The van der Waals surface area contributed by atoms with Crippen LogP contribution < -0.4 is 11.2 Å². The van der Waals surface area contributed by atoms with Crippen LogP contribution in [0, 0.1) is 17.8 Å². The third-order valence-electron chi connectivity index (χ3n) is 3.75. The van der Waals surface area contributed by atoms with Crippen molar-refractivity contribution in [3.8, 4) is 11.8 Å². The van der Waals surface area contributed by atoms with Crippen molar-refractivity contribution in [1.82, 2.24) is 9.55 Å². The largest absolute Gasteiger partial charge is 0.394 e. The highest BCUT2D eigenvalue weighted by atomic mass is 16.6. The fraction of sp³-hybridized carbons (Fsp3) is 0.571. The van der Waals surface area contributed by atoms with Gasteiger partial charge in [0.25, 0.3) is 5.56 Å². The molecule has 118 valence electrons. The molecule has 0 spiro atoms. The second-order valence-corrected chi connectivity index (χ2v) is 5.48. The molecule has 22 heavy (non-hydrogen) atoms. The first kappa shape index (κ1) is 15.0. The van der Waals surface area contributed by atoms with Gasteiger partial charge in [-0.15, -0.1) is 0 Å². The molecule has 1 aromatic heterocycles. The summed E-state index contributed by atoms with van der Waals surface area (Å²) >= 11 is 0. The summed E-state index contributed by atoms with van der Waals surface area (Å²) in [5.74, 6) is 5.91. The first-order chi connectivity index (χ1) is 10.5. The highest BCUT2D eigenvalue weighted by molar-refractivity contribution is 5.31. The Hall–Kier alpha value is -1.92. The van der Waals surface area contributed by atoms with Crippen LogP contribution in [0.3, 0.4) is 0 Å². The summed E-state index contributed by atoms with van der Waals surface area (Å²) < 4.78 is 6.25. The van der Waals surface area contributed by atoms with Gasteiger partial charge in [-0.2, -0.15) is 0 Å². The van der Waals surface area contributed by atoms with Gasteiger partial charge in [-0.05, 0) is 12.8 Å². The Morgan fingerprint density at radius 2 is 2.05 bits per heavy atom. The zero-order valence-electron chi connectivity index (χ0n) is 11.6. The van der Waals surface area contributed by atoms with Crippen LogP contribution in [0.1, 0.15) is 24.6 Å². The SMILES string of the molecule is O=c1[nH]c(=O)n([C@@H]2O[C@H](CO)[C@@H](O)[C@H]2O)cc1C#CC1CC1. The molecule has 0 bridgehead atoms. The molecule has 0 amide bonds. The van der Waals surface area contributed by atoms with Gasteiger partial charge in [0.05, 0.1) is 6.61 Å². The van der Waals surface area contributed by atoms with E-state index in [2.05, 4.69) is 16.8 Å². The Bertz CT molecular complexity index is 738. The lowest BCUT2D eigenvalue weighted by molar-refractivity contribution is -0.0550. The van der Waals surface area contributed by atoms with Gasteiger partial charge < -0.3 is 20.1 Å². The molecule has 2 heterocycles. The number of aliphatic hydroxyl groups excluding tert-OH is 3. The summed E-state index contributed by atoms with van der Waals surface area (Å²) in [6, 6.07) is 0. The van der Waals surface area contributed by atoms with Crippen LogP contribution in [0.15, 0.2) is 15.8 Å². The third kappa shape index (κ3) is 2.71. The van der Waals surface area contributed by atoms with Crippen molar-refractivity contribution in [3.63, 3.8) is 0 Å². The molecule has 8 nitrogen and oxygen atoms in total. The summed E-state index contributed by atoms with van der Waals surface area (Å²) in [5, 5.41) is 28.8. The molecule has 3 rings (SSSR count). The predicted molar refractivity (Wildman–Crippen MR) is 73.9 cm³/mol. The number of aromatic amines is 1.